The minimum Gasteiger partial charge on any atom is -0.497 e. The number of allylic oxidation sites excluding steroid dienone is 1. The molecular weight excluding hydrogens is 522 g/mol. The molecule has 0 spiro atoms. The van der Waals surface area contributed by atoms with E-state index in [-0.39, 0.29) is 23.6 Å². The molecule has 1 amide bonds. The lowest BCUT2D eigenvalue weighted by Gasteiger charge is -2.27. The van der Waals surface area contributed by atoms with Crippen LogP contribution in [-0.4, -0.2) is 34.7 Å². The van der Waals surface area contributed by atoms with E-state index in [9.17, 15) is 9.59 Å². The van der Waals surface area contributed by atoms with Gasteiger partial charge in [0.25, 0.3) is 5.91 Å². The molecule has 1 unspecified atom stereocenters. The van der Waals surface area contributed by atoms with Gasteiger partial charge in [-0.1, -0.05) is 23.7 Å². The summed E-state index contributed by atoms with van der Waals surface area (Å²) in [5.74, 6) is 0.447. The summed E-state index contributed by atoms with van der Waals surface area (Å²) in [7, 11) is 1.54. The van der Waals surface area contributed by atoms with Crippen molar-refractivity contribution in [2.45, 2.75) is 19.9 Å². The fourth-order valence-electron chi connectivity index (χ4n) is 4.14. The summed E-state index contributed by atoms with van der Waals surface area (Å²) < 4.78 is 11.1. The Hall–Kier alpha value is -4.90. The Balaban J connectivity index is 1.51. The molecule has 1 aliphatic heterocycles. The minimum atomic E-state index is -0.822. The van der Waals surface area contributed by atoms with E-state index < -0.39 is 11.9 Å². The Morgan fingerprint density at radius 3 is 2.72 bits per heavy atom. The third-order valence-corrected chi connectivity index (χ3v) is 6.39. The second-order valence-electron chi connectivity index (χ2n) is 8.71. The fraction of sp³-hybridized carbons (Fsp3) is 0.148. The van der Waals surface area contributed by atoms with Crippen LogP contribution in [0.2, 0.25) is 5.02 Å². The molecule has 0 aliphatic carbocycles. The zero-order chi connectivity index (χ0) is 27.7. The number of fused-ring (bicyclic) bond motifs is 1. The van der Waals surface area contributed by atoms with Crippen LogP contribution in [0.15, 0.2) is 75.4 Å². The van der Waals surface area contributed by atoms with Crippen molar-refractivity contribution in [2.24, 2.45) is 4.99 Å². The molecule has 2 aromatic heterocycles. The molecule has 0 fully saturated rings. The van der Waals surface area contributed by atoms with E-state index in [1.807, 2.05) is 0 Å². The van der Waals surface area contributed by atoms with Gasteiger partial charge in [-0.3, -0.25) is 14.9 Å². The highest BCUT2D eigenvalue weighted by Crippen LogP contribution is 2.37. The number of nitrogens with zero attached hydrogens (tertiary/aromatic N) is 3. The number of hydrogen-bond donors (Lipinski definition) is 4. The molecule has 0 saturated carbocycles. The predicted molar refractivity (Wildman–Crippen MR) is 149 cm³/mol. The van der Waals surface area contributed by atoms with Crippen molar-refractivity contribution in [3.63, 3.8) is 0 Å². The molecule has 0 saturated heterocycles. The van der Waals surface area contributed by atoms with Gasteiger partial charge in [-0.05, 0) is 50.2 Å². The topological polar surface area (TPSA) is 157 Å². The van der Waals surface area contributed by atoms with Crippen molar-refractivity contribution in [1.82, 2.24) is 15.3 Å². The number of amides is 1. The van der Waals surface area contributed by atoms with Crippen molar-refractivity contribution in [2.75, 3.05) is 23.5 Å². The third kappa shape index (κ3) is 5.25. The molecule has 11 nitrogen and oxygen atoms in total. The number of halogens is 1. The molecule has 2 aromatic carbocycles. The summed E-state index contributed by atoms with van der Waals surface area (Å²) in [5, 5.41) is 9.24. The molecule has 4 aromatic rings. The number of oxazole rings is 1. The largest absolute Gasteiger partial charge is 0.497 e. The first-order chi connectivity index (χ1) is 18.7. The lowest BCUT2D eigenvalue weighted by Crippen LogP contribution is -2.37. The number of guanidine groups is 1. The fourth-order valence-corrected chi connectivity index (χ4v) is 4.42. The Kier molecular flexibility index (Phi) is 6.90. The van der Waals surface area contributed by atoms with E-state index in [1.165, 1.54) is 26.3 Å². The predicted octanol–water partition coefficient (Wildman–Crippen LogP) is 4.69. The van der Waals surface area contributed by atoms with E-state index in [0.717, 1.165) is 0 Å². The molecule has 3 heterocycles. The Labute approximate surface area is 228 Å². The first-order valence-electron chi connectivity index (χ1n) is 11.8. The summed E-state index contributed by atoms with van der Waals surface area (Å²) in [6.45, 7) is 3.17. The van der Waals surface area contributed by atoms with Crippen molar-refractivity contribution in [3.8, 4) is 5.75 Å². The molecule has 5 rings (SSSR count). The summed E-state index contributed by atoms with van der Waals surface area (Å²) >= 11 is 6.61. The van der Waals surface area contributed by atoms with E-state index >= 15 is 0 Å². The van der Waals surface area contributed by atoms with Gasteiger partial charge in [-0.2, -0.15) is 4.98 Å². The zero-order valence-electron chi connectivity index (χ0n) is 21.2. The summed E-state index contributed by atoms with van der Waals surface area (Å²) in [6.07, 6.45) is 1.46. The molecule has 0 radical (unpaired) electrons. The van der Waals surface area contributed by atoms with Crippen molar-refractivity contribution in [1.29, 1.82) is 0 Å². The van der Waals surface area contributed by atoms with Crippen LogP contribution in [0.5, 0.6) is 5.75 Å². The van der Waals surface area contributed by atoms with Gasteiger partial charge in [0.15, 0.2) is 11.4 Å². The van der Waals surface area contributed by atoms with E-state index in [4.69, 9.17) is 31.5 Å². The number of nitrogens with one attached hydrogen (secondary N) is 3. The number of nitrogen functional groups attached to an aromatic ring is 1. The Morgan fingerprint density at radius 1 is 1.18 bits per heavy atom. The first kappa shape index (κ1) is 25.7. The van der Waals surface area contributed by atoms with Gasteiger partial charge in [0, 0.05) is 28.0 Å². The maximum atomic E-state index is 13.6. The number of rotatable bonds is 6. The van der Waals surface area contributed by atoms with Crippen molar-refractivity contribution < 1.29 is 18.7 Å². The highest BCUT2D eigenvalue weighted by atomic mass is 35.5. The molecule has 12 heteroatoms. The van der Waals surface area contributed by atoms with Crippen LogP contribution < -0.4 is 26.4 Å². The Morgan fingerprint density at radius 2 is 2.00 bits per heavy atom. The quantitative estimate of drug-likeness (QED) is 0.199. The number of aliphatic imine (C=N–C) groups is 1. The van der Waals surface area contributed by atoms with Crippen LogP contribution in [0.1, 0.15) is 35.8 Å². The average Bonchev–Trinajstić information content (AvgIpc) is 3.32. The second-order valence-corrected chi connectivity index (χ2v) is 9.12. The van der Waals surface area contributed by atoms with Gasteiger partial charge < -0.3 is 25.5 Å². The van der Waals surface area contributed by atoms with Crippen LogP contribution in [0, 0.1) is 0 Å². The highest BCUT2D eigenvalue weighted by Gasteiger charge is 2.31. The number of Topliss-reactive ketones (excluding diaryl/α,β-unsaturated/α-hetero) is 1. The zero-order valence-corrected chi connectivity index (χ0v) is 22.0. The van der Waals surface area contributed by atoms with Crippen molar-refractivity contribution in [3.05, 3.63) is 82.1 Å². The maximum Gasteiger partial charge on any atom is 0.302 e. The molecule has 1 atom stereocenters. The van der Waals surface area contributed by atoms with Crippen LogP contribution in [-0.2, 0) is 4.79 Å². The standard InChI is InChI=1S/C27H24ClN7O4/c1-13-22(25(37)33-21-11-15(14(2)36)9-10-30-21)23(17-8-7-16(38-3)12-18(17)28)34-26(31-13)35-27-32-20-6-4-5-19(29)24(20)39-27/h4-12,23H,29H2,1-3H3,(H,30,33,37)(H2,31,32,34,35). The number of benzene rings is 2. The van der Waals surface area contributed by atoms with Crippen LogP contribution in [0.25, 0.3) is 11.1 Å². The molecule has 1 aliphatic rings. The number of pyridine rings is 1. The molecule has 0 bridgehead atoms. The van der Waals surface area contributed by atoms with Gasteiger partial charge in [0.1, 0.15) is 23.1 Å². The third-order valence-electron chi connectivity index (χ3n) is 6.07. The summed E-state index contributed by atoms with van der Waals surface area (Å²) in [6, 6.07) is 12.8. The van der Waals surface area contributed by atoms with E-state index in [0.29, 0.717) is 50.0 Å². The Bertz CT molecular complexity index is 1680. The van der Waals surface area contributed by atoms with E-state index in [1.54, 1.807) is 49.4 Å². The summed E-state index contributed by atoms with van der Waals surface area (Å²) in [5.41, 5.74) is 9.25. The van der Waals surface area contributed by atoms with Gasteiger partial charge in [0.05, 0.1) is 18.4 Å². The first-order valence-corrected chi connectivity index (χ1v) is 12.2. The SMILES string of the molecule is COc1ccc(C2N=C(Nc3nc4cccc(N)c4o3)NC(C)=C2C(=O)Nc2cc(C(C)=O)ccn2)c(Cl)c1. The number of carbonyl (C=O) groups excluding carboxylic acids is 2. The van der Waals surface area contributed by atoms with Gasteiger partial charge in [-0.25, -0.2) is 9.98 Å². The number of anilines is 3. The van der Waals surface area contributed by atoms with Crippen LogP contribution in [0.4, 0.5) is 17.5 Å². The average molecular weight is 546 g/mol. The van der Waals surface area contributed by atoms with Crippen molar-refractivity contribution >= 4 is 57.9 Å². The minimum absolute atomic E-state index is 0.146. The number of ketones is 1. The van der Waals surface area contributed by atoms with Gasteiger partial charge in [0.2, 0.25) is 5.96 Å². The van der Waals surface area contributed by atoms with E-state index in [2.05, 4.69) is 25.9 Å². The number of methoxy groups -OCH3 is 1. The lowest BCUT2D eigenvalue weighted by molar-refractivity contribution is -0.113. The highest BCUT2D eigenvalue weighted by molar-refractivity contribution is 6.31. The number of ether oxygens (including phenoxy) is 1. The molecule has 198 valence electrons. The number of carbonyl (C=O) groups is 2. The molecule has 39 heavy (non-hydrogen) atoms. The molecule has 5 N–H and O–H groups in total. The maximum absolute atomic E-state index is 13.6. The van der Waals surface area contributed by atoms with Gasteiger partial charge in [-0.15, -0.1) is 0 Å². The molecular formula is C27H24ClN7O4. The van der Waals surface area contributed by atoms with Crippen LogP contribution in [0.3, 0.4) is 0 Å². The normalized spacial score (nSPS) is 15.0. The van der Waals surface area contributed by atoms with Gasteiger partial charge >= 0.3 is 6.01 Å². The monoisotopic (exact) mass is 545 g/mol. The second kappa shape index (κ2) is 10.5. The van der Waals surface area contributed by atoms with Crippen LogP contribution >= 0.6 is 11.6 Å². The number of aromatic nitrogens is 2. The summed E-state index contributed by atoms with van der Waals surface area (Å²) in [4.78, 5) is 38.7. The lowest BCUT2D eigenvalue weighted by atomic mass is 9.95. The number of para-hydroxylation sites is 1. The number of nitrogens with two attached hydrogens (primary N) is 1. The smallest absolute Gasteiger partial charge is 0.302 e. The number of hydrogen-bond acceptors (Lipinski definition) is 10.